The molecule has 8 heteroatoms. The van der Waals surface area contributed by atoms with E-state index in [-0.39, 0.29) is 12.2 Å². The van der Waals surface area contributed by atoms with Crippen molar-refractivity contribution in [3.8, 4) is 0 Å². The lowest BCUT2D eigenvalue weighted by Gasteiger charge is -2.31. The molecule has 0 aliphatic carbocycles. The number of amides is 2. The fourth-order valence-electron chi connectivity index (χ4n) is 3.61. The summed E-state index contributed by atoms with van der Waals surface area (Å²) < 4.78 is 13.4. The second-order valence-electron chi connectivity index (χ2n) is 7.92. The minimum Gasteiger partial charge on any atom is -0.324 e. The Labute approximate surface area is 207 Å². The molecule has 0 fully saturated rings. The zero-order valence-electron chi connectivity index (χ0n) is 18.9. The lowest BCUT2D eigenvalue weighted by Crippen LogP contribution is -2.41. The molecule has 35 heavy (non-hydrogen) atoms. The first-order valence-corrected chi connectivity index (χ1v) is 11.2. The van der Waals surface area contributed by atoms with Gasteiger partial charge in [0.15, 0.2) is 0 Å². The average molecular weight is 489 g/mol. The first-order valence-electron chi connectivity index (χ1n) is 10.9. The van der Waals surface area contributed by atoms with E-state index in [4.69, 9.17) is 11.6 Å². The van der Waals surface area contributed by atoms with Crippen LogP contribution in [0.2, 0.25) is 5.02 Å². The Morgan fingerprint density at radius 3 is 2.37 bits per heavy atom. The summed E-state index contributed by atoms with van der Waals surface area (Å²) in [5.74, 6) is -1.38. The van der Waals surface area contributed by atoms with Crippen molar-refractivity contribution in [1.29, 1.82) is 0 Å². The summed E-state index contributed by atoms with van der Waals surface area (Å²) in [6.45, 7) is 1.98. The lowest BCUT2D eigenvalue weighted by atomic mass is 10.0. The van der Waals surface area contributed by atoms with Crippen molar-refractivity contribution in [3.63, 3.8) is 0 Å². The van der Waals surface area contributed by atoms with E-state index in [0.717, 1.165) is 5.56 Å². The number of halogens is 2. The molecule has 0 saturated heterocycles. The molecule has 0 saturated carbocycles. The quantitative estimate of drug-likeness (QED) is 0.367. The maximum absolute atomic E-state index is 13.7. The molecule has 3 aromatic carbocycles. The van der Waals surface area contributed by atoms with Gasteiger partial charge in [-0.1, -0.05) is 59.6 Å². The summed E-state index contributed by atoms with van der Waals surface area (Å²) in [6.07, 6.45) is 4.24. The Bertz CT molecular complexity index is 1320. The second kappa shape index (κ2) is 10.9. The molecule has 6 nitrogen and oxygen atoms in total. The van der Waals surface area contributed by atoms with Crippen LogP contribution in [0, 0.1) is 12.7 Å². The molecule has 1 N–H and O–H groups in total. The van der Waals surface area contributed by atoms with Crippen molar-refractivity contribution in [2.24, 2.45) is 0 Å². The van der Waals surface area contributed by atoms with Gasteiger partial charge in [-0.25, -0.2) is 9.37 Å². The molecule has 0 aliphatic heterocycles. The number of anilines is 1. The topological polar surface area (TPSA) is 75.2 Å². The Balaban J connectivity index is 1.79. The van der Waals surface area contributed by atoms with Crippen molar-refractivity contribution in [3.05, 3.63) is 125 Å². The first-order chi connectivity index (χ1) is 16.9. The number of aryl methyl sites for hydroxylation is 1. The normalized spacial score (nSPS) is 11.5. The van der Waals surface area contributed by atoms with Gasteiger partial charge in [0.2, 0.25) is 0 Å². The monoisotopic (exact) mass is 488 g/mol. The maximum Gasteiger partial charge on any atom is 0.275 e. The van der Waals surface area contributed by atoms with Gasteiger partial charge in [0.05, 0.1) is 6.20 Å². The number of nitrogens with zero attached hydrogens (tertiary/aromatic N) is 3. The average Bonchev–Trinajstić information content (AvgIpc) is 2.87. The van der Waals surface area contributed by atoms with Crippen LogP contribution in [0.4, 0.5) is 10.1 Å². The van der Waals surface area contributed by atoms with Gasteiger partial charge in [0.1, 0.15) is 17.6 Å². The molecule has 4 aromatic rings. The third kappa shape index (κ3) is 5.88. The van der Waals surface area contributed by atoms with E-state index < -0.39 is 23.7 Å². The molecule has 0 aliphatic rings. The first kappa shape index (κ1) is 24.0. The van der Waals surface area contributed by atoms with Crippen molar-refractivity contribution < 1.29 is 14.0 Å². The van der Waals surface area contributed by atoms with Crippen LogP contribution < -0.4 is 5.32 Å². The van der Waals surface area contributed by atoms with Gasteiger partial charge in [-0.2, -0.15) is 0 Å². The van der Waals surface area contributed by atoms with Crippen molar-refractivity contribution in [1.82, 2.24) is 14.9 Å². The highest BCUT2D eigenvalue weighted by Gasteiger charge is 2.33. The van der Waals surface area contributed by atoms with E-state index >= 15 is 0 Å². The summed E-state index contributed by atoms with van der Waals surface area (Å²) in [7, 11) is 0. The molecule has 4 rings (SSSR count). The molecule has 2 amide bonds. The molecule has 1 heterocycles. The van der Waals surface area contributed by atoms with Gasteiger partial charge in [-0.05, 0) is 48.4 Å². The molecule has 0 radical (unpaired) electrons. The van der Waals surface area contributed by atoms with E-state index in [9.17, 15) is 14.0 Å². The number of carbonyl (C=O) groups excluding carboxylic acids is 2. The fourth-order valence-corrected chi connectivity index (χ4v) is 3.81. The summed E-state index contributed by atoms with van der Waals surface area (Å²) in [5, 5.41) is 3.26. The molecular weight excluding hydrogens is 467 g/mol. The molecule has 0 bridgehead atoms. The minimum absolute atomic E-state index is 0.0461. The summed E-state index contributed by atoms with van der Waals surface area (Å²) >= 11 is 6.41. The van der Waals surface area contributed by atoms with Crippen molar-refractivity contribution in [2.75, 3.05) is 5.32 Å². The number of nitrogens with one attached hydrogen (secondary N) is 1. The van der Waals surface area contributed by atoms with Gasteiger partial charge in [-0.15, -0.1) is 0 Å². The predicted molar refractivity (Wildman–Crippen MR) is 132 cm³/mol. The van der Waals surface area contributed by atoms with E-state index in [1.165, 1.54) is 47.8 Å². The molecule has 1 atom stereocenters. The SMILES string of the molecule is Cc1ccc(C(C(=O)Nc2ccc(F)cc2)N(Cc2ccccc2Cl)C(=O)c2cnccn2)cc1. The Kier molecular flexibility index (Phi) is 7.48. The van der Waals surface area contributed by atoms with Crippen LogP contribution in [0.3, 0.4) is 0 Å². The van der Waals surface area contributed by atoms with Crippen LogP contribution in [0.1, 0.15) is 33.2 Å². The van der Waals surface area contributed by atoms with Crippen molar-refractivity contribution >= 4 is 29.1 Å². The highest BCUT2D eigenvalue weighted by Crippen LogP contribution is 2.29. The van der Waals surface area contributed by atoms with E-state index in [1.807, 2.05) is 25.1 Å². The van der Waals surface area contributed by atoms with Crippen LogP contribution in [0.25, 0.3) is 0 Å². The highest BCUT2D eigenvalue weighted by molar-refractivity contribution is 6.31. The largest absolute Gasteiger partial charge is 0.324 e. The smallest absolute Gasteiger partial charge is 0.275 e. The molecule has 0 spiro atoms. The van der Waals surface area contributed by atoms with Gasteiger partial charge in [-0.3, -0.25) is 14.6 Å². The number of benzene rings is 3. The van der Waals surface area contributed by atoms with Gasteiger partial charge >= 0.3 is 0 Å². The zero-order valence-corrected chi connectivity index (χ0v) is 19.6. The maximum atomic E-state index is 13.7. The summed E-state index contributed by atoms with van der Waals surface area (Å²) in [6, 6.07) is 18.8. The van der Waals surface area contributed by atoms with Crippen LogP contribution in [-0.4, -0.2) is 26.7 Å². The number of hydrogen-bond acceptors (Lipinski definition) is 4. The number of carbonyl (C=O) groups is 2. The third-order valence-corrected chi connectivity index (χ3v) is 5.78. The minimum atomic E-state index is -1.04. The van der Waals surface area contributed by atoms with Gasteiger partial charge in [0.25, 0.3) is 11.8 Å². The zero-order chi connectivity index (χ0) is 24.8. The number of rotatable bonds is 7. The van der Waals surface area contributed by atoms with Gasteiger partial charge in [0, 0.05) is 29.6 Å². The second-order valence-corrected chi connectivity index (χ2v) is 8.33. The highest BCUT2D eigenvalue weighted by atomic mass is 35.5. The van der Waals surface area contributed by atoms with Crippen LogP contribution in [0.15, 0.2) is 91.4 Å². The number of aromatic nitrogens is 2. The van der Waals surface area contributed by atoms with E-state index in [2.05, 4.69) is 15.3 Å². The van der Waals surface area contributed by atoms with Crippen LogP contribution >= 0.6 is 11.6 Å². The summed E-state index contributed by atoms with van der Waals surface area (Å²) in [5.41, 5.74) is 2.76. The Hall–Kier alpha value is -4.10. The Morgan fingerprint density at radius 1 is 1.00 bits per heavy atom. The van der Waals surface area contributed by atoms with E-state index in [1.54, 1.807) is 30.3 Å². The molecular formula is C27H22ClFN4O2. The number of hydrogen-bond donors (Lipinski definition) is 1. The van der Waals surface area contributed by atoms with Crippen molar-refractivity contribution in [2.45, 2.75) is 19.5 Å². The molecule has 1 aromatic heterocycles. The van der Waals surface area contributed by atoms with E-state index in [0.29, 0.717) is 21.8 Å². The standard InChI is InChI=1S/C27H22ClFN4O2/c1-18-6-8-19(9-7-18)25(26(34)32-22-12-10-21(29)11-13-22)33(17-20-4-2-3-5-23(20)28)27(35)24-16-30-14-15-31-24/h2-16,25H,17H2,1H3,(H,32,34). The fraction of sp³-hybridized carbons (Fsp3) is 0.111. The third-order valence-electron chi connectivity index (χ3n) is 5.41. The predicted octanol–water partition coefficient (Wildman–Crippen LogP) is 5.60. The van der Waals surface area contributed by atoms with Gasteiger partial charge < -0.3 is 10.2 Å². The summed E-state index contributed by atoms with van der Waals surface area (Å²) in [4.78, 5) is 36.9. The van der Waals surface area contributed by atoms with Crippen LogP contribution in [-0.2, 0) is 11.3 Å². The lowest BCUT2D eigenvalue weighted by molar-refractivity contribution is -0.121. The molecule has 176 valence electrons. The Morgan fingerprint density at radius 2 is 1.71 bits per heavy atom. The van der Waals surface area contributed by atoms with Crippen LogP contribution in [0.5, 0.6) is 0 Å². The molecule has 1 unspecified atom stereocenters.